The molecule has 0 saturated heterocycles. The number of nitrogens with zero attached hydrogens (tertiary/aromatic N) is 1. The molecule has 0 aliphatic rings. The number of anilines is 1. The maximum atomic E-state index is 12.1. The molecule has 128 valence electrons. The van der Waals surface area contributed by atoms with Crippen molar-refractivity contribution in [3.8, 4) is 11.3 Å². The van der Waals surface area contributed by atoms with Crippen LogP contribution < -0.4 is 10.5 Å². The van der Waals surface area contributed by atoms with Crippen LogP contribution in [0, 0.1) is 5.21 Å². The van der Waals surface area contributed by atoms with Crippen molar-refractivity contribution in [3.05, 3.63) is 71.6 Å². The van der Waals surface area contributed by atoms with Crippen LogP contribution in [0.15, 0.2) is 60.7 Å². The maximum Gasteiger partial charge on any atom is 0.224 e. The lowest BCUT2D eigenvalue weighted by atomic mass is 10.1. The first-order chi connectivity index (χ1) is 12.1. The van der Waals surface area contributed by atoms with Gasteiger partial charge in [0.15, 0.2) is 5.69 Å². The number of rotatable bonds is 6. The van der Waals surface area contributed by atoms with Crippen LogP contribution in [0.5, 0.6) is 0 Å². The highest BCUT2D eigenvalue weighted by molar-refractivity contribution is 5.93. The minimum Gasteiger partial charge on any atom is -0.595 e. The van der Waals surface area contributed by atoms with Gasteiger partial charge in [-0.2, -0.15) is 10.3 Å². The molecule has 1 amide bonds. The monoisotopic (exact) mass is 338 g/mol. The number of hydrogen-bond acceptors (Lipinski definition) is 4. The van der Waals surface area contributed by atoms with E-state index in [0.717, 1.165) is 17.0 Å². The quantitative estimate of drug-likeness (QED) is 0.516. The molecular weight excluding hydrogens is 320 g/mol. The molecular formula is C18H18N4O3. The van der Waals surface area contributed by atoms with Gasteiger partial charge in [-0.15, -0.1) is 0 Å². The molecule has 7 heteroatoms. The Morgan fingerprint density at radius 3 is 2.64 bits per heavy atom. The number of aryl methyl sites for hydroxylation is 1. The van der Waals surface area contributed by atoms with Gasteiger partial charge in [-0.05, 0) is 18.6 Å². The number of H-pyrrole nitrogens is 1. The lowest BCUT2D eigenvalue weighted by Crippen LogP contribution is -2.99. The predicted molar refractivity (Wildman–Crippen MR) is 93.2 cm³/mol. The Labute approximate surface area is 144 Å². The largest absolute Gasteiger partial charge is 0.595 e. The lowest BCUT2D eigenvalue weighted by molar-refractivity contribution is -0.990. The van der Waals surface area contributed by atoms with Crippen molar-refractivity contribution < 1.29 is 15.2 Å². The Kier molecular flexibility index (Phi) is 5.20. The van der Waals surface area contributed by atoms with Crippen LogP contribution in [-0.2, 0) is 11.2 Å². The minimum atomic E-state index is -1.07. The summed E-state index contributed by atoms with van der Waals surface area (Å²) in [6, 6.07) is 18.0. The van der Waals surface area contributed by atoms with Crippen molar-refractivity contribution in [3.63, 3.8) is 0 Å². The number of nitrogens with one attached hydrogen (secondary N) is 3. The van der Waals surface area contributed by atoms with Crippen molar-refractivity contribution in [2.75, 3.05) is 5.32 Å². The summed E-state index contributed by atoms with van der Waals surface area (Å²) in [4.78, 5) is 12.1. The van der Waals surface area contributed by atoms with Gasteiger partial charge in [0.05, 0.1) is 5.69 Å². The third-order valence-electron chi connectivity index (χ3n) is 3.75. The third-order valence-corrected chi connectivity index (χ3v) is 3.75. The number of carbonyl (C=O) groups is 1. The van der Waals surface area contributed by atoms with Gasteiger partial charge >= 0.3 is 0 Å². The first-order valence-corrected chi connectivity index (χ1v) is 7.85. The molecule has 3 aromatic rings. The molecule has 0 spiro atoms. The number of aromatic amines is 1. The minimum absolute atomic E-state index is 0.0729. The summed E-state index contributed by atoms with van der Waals surface area (Å²) >= 11 is 0. The second kappa shape index (κ2) is 7.71. The van der Waals surface area contributed by atoms with E-state index >= 15 is 0 Å². The van der Waals surface area contributed by atoms with Gasteiger partial charge < -0.3 is 10.5 Å². The van der Waals surface area contributed by atoms with E-state index in [4.69, 9.17) is 5.21 Å². The molecule has 1 heterocycles. The molecule has 0 bridgehead atoms. The molecule has 25 heavy (non-hydrogen) atoms. The summed E-state index contributed by atoms with van der Waals surface area (Å²) in [5.41, 5.74) is 3.05. The fourth-order valence-electron chi connectivity index (χ4n) is 2.49. The molecule has 1 unspecified atom stereocenters. The van der Waals surface area contributed by atoms with Crippen molar-refractivity contribution in [2.24, 2.45) is 0 Å². The molecule has 1 atom stereocenters. The van der Waals surface area contributed by atoms with Crippen LogP contribution in [0.1, 0.15) is 12.1 Å². The van der Waals surface area contributed by atoms with Gasteiger partial charge in [0.1, 0.15) is 5.69 Å². The van der Waals surface area contributed by atoms with Crippen molar-refractivity contribution in [1.29, 1.82) is 0 Å². The number of para-hydroxylation sites is 2. The molecule has 7 nitrogen and oxygen atoms in total. The number of quaternary nitrogens is 1. The SMILES string of the molecule is O=C(CCc1cc(-c2ccccc2)n[nH]1)Nc1ccccc1[NH+]([O-])O. The van der Waals surface area contributed by atoms with Gasteiger partial charge in [-0.3, -0.25) is 9.89 Å². The van der Waals surface area contributed by atoms with Crippen LogP contribution >= 0.6 is 0 Å². The molecule has 0 aliphatic heterocycles. The molecule has 0 radical (unpaired) electrons. The van der Waals surface area contributed by atoms with Crippen LogP contribution in [0.4, 0.5) is 11.4 Å². The Bertz CT molecular complexity index is 846. The standard InChI is InChI=1S/C18H18N4O3/c23-18(19-15-8-4-5-9-17(15)22(24)25)11-10-14-12-16(21-20-14)13-6-2-1-3-7-13/h1-9,12,22,24H,10-11H2,(H,19,23)(H,20,21). The van der Waals surface area contributed by atoms with E-state index in [1.807, 2.05) is 36.4 Å². The summed E-state index contributed by atoms with van der Waals surface area (Å²) in [6.45, 7) is 0. The highest BCUT2D eigenvalue weighted by Crippen LogP contribution is 2.19. The van der Waals surface area contributed by atoms with Crippen LogP contribution in [0.3, 0.4) is 0 Å². The lowest BCUT2D eigenvalue weighted by Gasteiger charge is -2.15. The smallest absolute Gasteiger partial charge is 0.224 e. The zero-order chi connectivity index (χ0) is 17.6. The van der Waals surface area contributed by atoms with Crippen LogP contribution in [0.2, 0.25) is 0 Å². The summed E-state index contributed by atoms with van der Waals surface area (Å²) in [7, 11) is 0. The van der Waals surface area contributed by atoms with E-state index in [9.17, 15) is 10.0 Å². The first-order valence-electron chi connectivity index (χ1n) is 7.85. The topological polar surface area (TPSA) is 106 Å². The second-order valence-corrected chi connectivity index (χ2v) is 5.54. The number of hydrogen-bond donors (Lipinski definition) is 4. The third kappa shape index (κ3) is 4.30. The van der Waals surface area contributed by atoms with Crippen molar-refractivity contribution in [2.45, 2.75) is 12.8 Å². The Hall–Kier alpha value is -3.00. The van der Waals surface area contributed by atoms with E-state index < -0.39 is 5.23 Å². The van der Waals surface area contributed by atoms with Gasteiger partial charge in [0, 0.05) is 23.7 Å². The highest BCUT2D eigenvalue weighted by Gasteiger charge is 2.12. The fraction of sp³-hybridized carbons (Fsp3) is 0.111. The van der Waals surface area contributed by atoms with Gasteiger partial charge in [-0.25, -0.2) is 5.21 Å². The molecule has 1 aromatic heterocycles. The average Bonchev–Trinajstić information content (AvgIpc) is 3.10. The van der Waals surface area contributed by atoms with Gasteiger partial charge in [0.2, 0.25) is 5.91 Å². The molecule has 0 fully saturated rings. The average molecular weight is 338 g/mol. The Morgan fingerprint density at radius 1 is 1.16 bits per heavy atom. The van der Waals surface area contributed by atoms with Crippen LogP contribution in [0.25, 0.3) is 11.3 Å². The Morgan fingerprint density at radius 2 is 1.88 bits per heavy atom. The number of carbonyl (C=O) groups excluding carboxylic acids is 1. The molecule has 4 N–H and O–H groups in total. The molecule has 3 rings (SSSR count). The van der Waals surface area contributed by atoms with E-state index in [2.05, 4.69) is 15.5 Å². The molecule has 0 aliphatic carbocycles. The van der Waals surface area contributed by atoms with E-state index in [1.54, 1.807) is 18.2 Å². The Balaban J connectivity index is 1.59. The molecule has 0 saturated carbocycles. The zero-order valence-electron chi connectivity index (χ0n) is 13.4. The van der Waals surface area contributed by atoms with Crippen molar-refractivity contribution in [1.82, 2.24) is 10.2 Å². The zero-order valence-corrected chi connectivity index (χ0v) is 13.4. The van der Waals surface area contributed by atoms with E-state index in [-0.39, 0.29) is 18.0 Å². The normalized spacial score (nSPS) is 11.9. The molecule has 2 aromatic carbocycles. The second-order valence-electron chi connectivity index (χ2n) is 5.54. The summed E-state index contributed by atoms with van der Waals surface area (Å²) in [5, 5.41) is 29.0. The first kappa shape index (κ1) is 16.8. The maximum absolute atomic E-state index is 12.1. The van der Waals surface area contributed by atoms with E-state index in [1.165, 1.54) is 6.07 Å². The van der Waals surface area contributed by atoms with Crippen LogP contribution in [-0.4, -0.2) is 21.3 Å². The van der Waals surface area contributed by atoms with E-state index in [0.29, 0.717) is 12.1 Å². The summed E-state index contributed by atoms with van der Waals surface area (Å²) in [5.74, 6) is -0.246. The number of aromatic nitrogens is 2. The highest BCUT2D eigenvalue weighted by atomic mass is 16.8. The van der Waals surface area contributed by atoms with Gasteiger partial charge in [0.25, 0.3) is 0 Å². The predicted octanol–water partition coefficient (Wildman–Crippen LogP) is 2.05. The fourth-order valence-corrected chi connectivity index (χ4v) is 2.49. The number of benzene rings is 2. The summed E-state index contributed by atoms with van der Waals surface area (Å²) < 4.78 is 0. The summed E-state index contributed by atoms with van der Waals surface area (Å²) in [6.07, 6.45) is 0.714. The van der Waals surface area contributed by atoms with Crippen molar-refractivity contribution >= 4 is 17.3 Å². The van der Waals surface area contributed by atoms with Gasteiger partial charge in [-0.1, -0.05) is 42.5 Å². The number of amides is 1.